The summed E-state index contributed by atoms with van der Waals surface area (Å²) in [6.45, 7) is 5.61. The molecule has 0 radical (unpaired) electrons. The largest absolute Gasteiger partial charge is 0.337 e. The Bertz CT molecular complexity index is 411. The van der Waals surface area contributed by atoms with Crippen LogP contribution in [0.1, 0.15) is 50.9 Å². The van der Waals surface area contributed by atoms with Crippen molar-refractivity contribution in [1.29, 1.82) is 0 Å². The fourth-order valence-corrected chi connectivity index (χ4v) is 1.89. The van der Waals surface area contributed by atoms with Crippen LogP contribution in [0.3, 0.4) is 0 Å². The zero-order valence-electron chi connectivity index (χ0n) is 10.4. The molecule has 2 amide bonds. The third kappa shape index (κ3) is 2.75. The van der Waals surface area contributed by atoms with Gasteiger partial charge in [-0.1, -0.05) is 5.16 Å². The van der Waals surface area contributed by atoms with Crippen molar-refractivity contribution in [3.63, 3.8) is 0 Å². The number of urea groups is 1. The Morgan fingerprint density at radius 2 is 2.24 bits per heavy atom. The molecule has 0 bridgehead atoms. The normalized spacial score (nSPS) is 19.2. The Morgan fingerprint density at radius 1 is 1.53 bits per heavy atom. The van der Waals surface area contributed by atoms with E-state index in [2.05, 4.69) is 27.7 Å². The van der Waals surface area contributed by atoms with Crippen LogP contribution in [0.4, 0.5) is 4.79 Å². The number of hydrogen-bond acceptors (Lipinski definition) is 4. The number of nitrogens with one attached hydrogen (secondary N) is 2. The Kier molecular flexibility index (Phi) is 3.04. The van der Waals surface area contributed by atoms with Gasteiger partial charge in [0, 0.05) is 5.54 Å². The zero-order chi connectivity index (χ0) is 12.5. The van der Waals surface area contributed by atoms with Gasteiger partial charge in [0.05, 0.1) is 0 Å². The fraction of sp³-hybridized carbons (Fsp3) is 0.727. The van der Waals surface area contributed by atoms with Crippen molar-refractivity contribution in [1.82, 2.24) is 20.8 Å². The Hall–Kier alpha value is -1.59. The molecule has 2 N–H and O–H groups in total. The smallest absolute Gasteiger partial charge is 0.315 e. The first-order chi connectivity index (χ1) is 7.98. The van der Waals surface area contributed by atoms with E-state index in [1.165, 1.54) is 6.42 Å². The first kappa shape index (κ1) is 11.9. The molecule has 2 rings (SSSR count). The number of carbonyl (C=O) groups excluding carboxylic acids is 1. The summed E-state index contributed by atoms with van der Waals surface area (Å²) in [4.78, 5) is 15.8. The van der Waals surface area contributed by atoms with Crippen molar-refractivity contribution in [3.05, 3.63) is 11.7 Å². The minimum absolute atomic E-state index is 0.0471. The molecule has 1 aliphatic carbocycles. The van der Waals surface area contributed by atoms with E-state index in [1.54, 1.807) is 6.92 Å². The molecule has 0 aromatic carbocycles. The molecule has 1 fully saturated rings. The highest BCUT2D eigenvalue weighted by Crippen LogP contribution is 2.30. The van der Waals surface area contributed by atoms with Gasteiger partial charge in [0.15, 0.2) is 5.82 Å². The number of amides is 2. The van der Waals surface area contributed by atoms with Gasteiger partial charge in [-0.05, 0) is 40.0 Å². The third-order valence-corrected chi connectivity index (χ3v) is 3.13. The minimum Gasteiger partial charge on any atom is -0.337 e. The maximum Gasteiger partial charge on any atom is 0.315 e. The van der Waals surface area contributed by atoms with Crippen molar-refractivity contribution in [3.8, 4) is 0 Å². The average Bonchev–Trinajstić information content (AvgIpc) is 2.62. The van der Waals surface area contributed by atoms with Crippen molar-refractivity contribution in [2.24, 2.45) is 0 Å². The predicted molar refractivity (Wildman–Crippen MR) is 61.4 cm³/mol. The highest BCUT2D eigenvalue weighted by molar-refractivity contribution is 5.75. The molecule has 0 unspecified atom stereocenters. The summed E-state index contributed by atoms with van der Waals surface area (Å²) < 4.78 is 4.99. The topological polar surface area (TPSA) is 80.0 Å². The molecule has 6 nitrogen and oxygen atoms in total. The van der Waals surface area contributed by atoms with E-state index in [0.29, 0.717) is 11.7 Å². The van der Waals surface area contributed by atoms with Gasteiger partial charge >= 0.3 is 6.03 Å². The molecule has 0 aliphatic heterocycles. The van der Waals surface area contributed by atoms with Gasteiger partial charge in [0.25, 0.3) is 0 Å². The average molecular weight is 238 g/mol. The second-order valence-electron chi connectivity index (χ2n) is 4.91. The Morgan fingerprint density at radius 3 is 2.71 bits per heavy atom. The lowest BCUT2D eigenvalue weighted by Gasteiger charge is -2.39. The van der Waals surface area contributed by atoms with E-state index >= 15 is 0 Å². The molecule has 17 heavy (non-hydrogen) atoms. The standard InChI is InChI=1S/C11H18N4O2/c1-7(9-13-8(2)15-17-9)12-10(16)14-11(3)5-4-6-11/h7H,4-6H2,1-3H3,(H2,12,14,16)/t7-/m0/s1. The van der Waals surface area contributed by atoms with Crippen LogP contribution in [-0.2, 0) is 0 Å². The lowest BCUT2D eigenvalue weighted by Crippen LogP contribution is -2.54. The molecule has 1 atom stereocenters. The van der Waals surface area contributed by atoms with Crippen LogP contribution in [0.15, 0.2) is 4.52 Å². The minimum atomic E-state index is -0.278. The molecule has 0 spiro atoms. The monoisotopic (exact) mass is 238 g/mol. The quantitative estimate of drug-likeness (QED) is 0.839. The van der Waals surface area contributed by atoms with E-state index in [4.69, 9.17) is 4.52 Å². The fourth-order valence-electron chi connectivity index (χ4n) is 1.89. The Balaban J connectivity index is 1.86. The van der Waals surface area contributed by atoms with Gasteiger partial charge < -0.3 is 15.2 Å². The molecule has 0 saturated heterocycles. The number of nitrogens with zero attached hydrogens (tertiary/aromatic N) is 2. The lowest BCUT2D eigenvalue weighted by molar-refractivity contribution is 0.187. The number of carbonyl (C=O) groups is 1. The highest BCUT2D eigenvalue weighted by atomic mass is 16.5. The summed E-state index contributed by atoms with van der Waals surface area (Å²) in [5, 5.41) is 9.44. The second-order valence-corrected chi connectivity index (χ2v) is 4.91. The van der Waals surface area contributed by atoms with Gasteiger partial charge in [-0.15, -0.1) is 0 Å². The van der Waals surface area contributed by atoms with Crippen LogP contribution in [-0.4, -0.2) is 21.7 Å². The summed E-state index contributed by atoms with van der Waals surface area (Å²) in [5.41, 5.74) is -0.0471. The van der Waals surface area contributed by atoms with E-state index in [0.717, 1.165) is 12.8 Å². The van der Waals surface area contributed by atoms with Crippen LogP contribution in [0.2, 0.25) is 0 Å². The van der Waals surface area contributed by atoms with E-state index in [-0.39, 0.29) is 17.6 Å². The van der Waals surface area contributed by atoms with Crippen LogP contribution >= 0.6 is 0 Å². The molecule has 1 aromatic rings. The van der Waals surface area contributed by atoms with Gasteiger partial charge in [0.2, 0.25) is 5.89 Å². The van der Waals surface area contributed by atoms with Crippen molar-refractivity contribution >= 4 is 6.03 Å². The summed E-state index contributed by atoms with van der Waals surface area (Å²) in [6.07, 6.45) is 3.25. The van der Waals surface area contributed by atoms with Gasteiger partial charge in [-0.3, -0.25) is 0 Å². The Labute approximate surface area is 100 Å². The lowest BCUT2D eigenvalue weighted by atomic mass is 9.79. The molecule has 1 aromatic heterocycles. The zero-order valence-corrected chi connectivity index (χ0v) is 10.4. The van der Waals surface area contributed by atoms with Gasteiger partial charge in [-0.2, -0.15) is 4.98 Å². The molecular formula is C11H18N4O2. The number of hydrogen-bond donors (Lipinski definition) is 2. The molecule has 1 heterocycles. The molecule has 6 heteroatoms. The summed E-state index contributed by atoms with van der Waals surface area (Å²) in [7, 11) is 0. The molecule has 1 aliphatic rings. The van der Waals surface area contributed by atoms with E-state index in [1.807, 2.05) is 6.92 Å². The highest BCUT2D eigenvalue weighted by Gasteiger charge is 2.33. The molecular weight excluding hydrogens is 220 g/mol. The molecule has 94 valence electrons. The summed E-state index contributed by atoms with van der Waals surface area (Å²) in [6, 6.07) is -0.463. The number of aryl methyl sites for hydroxylation is 1. The molecule has 1 saturated carbocycles. The predicted octanol–water partition coefficient (Wildman–Crippen LogP) is 1.68. The first-order valence-corrected chi connectivity index (χ1v) is 5.87. The van der Waals surface area contributed by atoms with Gasteiger partial charge in [0.1, 0.15) is 6.04 Å². The van der Waals surface area contributed by atoms with Crippen LogP contribution in [0, 0.1) is 6.92 Å². The maximum absolute atomic E-state index is 11.7. The maximum atomic E-state index is 11.7. The van der Waals surface area contributed by atoms with Crippen molar-refractivity contribution in [2.45, 2.75) is 51.6 Å². The van der Waals surface area contributed by atoms with Crippen LogP contribution < -0.4 is 10.6 Å². The number of rotatable bonds is 3. The van der Waals surface area contributed by atoms with Gasteiger partial charge in [-0.25, -0.2) is 4.79 Å². The van der Waals surface area contributed by atoms with Crippen molar-refractivity contribution in [2.75, 3.05) is 0 Å². The SMILES string of the molecule is Cc1noc([C@H](C)NC(=O)NC2(C)CCC2)n1. The third-order valence-electron chi connectivity index (χ3n) is 3.13. The second kappa shape index (κ2) is 4.35. The summed E-state index contributed by atoms with van der Waals surface area (Å²) in [5.74, 6) is 0.997. The van der Waals surface area contributed by atoms with Crippen molar-refractivity contribution < 1.29 is 9.32 Å². The van der Waals surface area contributed by atoms with Crippen LogP contribution in [0.5, 0.6) is 0 Å². The first-order valence-electron chi connectivity index (χ1n) is 5.87. The number of aromatic nitrogens is 2. The summed E-state index contributed by atoms with van der Waals surface area (Å²) >= 11 is 0. The van der Waals surface area contributed by atoms with E-state index < -0.39 is 0 Å². The van der Waals surface area contributed by atoms with E-state index in [9.17, 15) is 4.79 Å². The van der Waals surface area contributed by atoms with Crippen LogP contribution in [0.25, 0.3) is 0 Å².